The number of benzene rings is 2. The van der Waals surface area contributed by atoms with Crippen LogP contribution in [0, 0.1) is 5.82 Å². The summed E-state index contributed by atoms with van der Waals surface area (Å²) in [5.41, 5.74) is 4.97. The number of anilines is 1. The molecule has 0 aliphatic rings. The van der Waals surface area contributed by atoms with E-state index in [4.69, 9.17) is 10.5 Å². The molecule has 8 nitrogen and oxygen atoms in total. The zero-order valence-corrected chi connectivity index (χ0v) is 14.7. The lowest BCUT2D eigenvalue weighted by Gasteiger charge is -2.12. The highest BCUT2D eigenvalue weighted by atomic mass is 19.1. The van der Waals surface area contributed by atoms with Gasteiger partial charge in [-0.3, -0.25) is 14.4 Å². The van der Waals surface area contributed by atoms with Crippen molar-refractivity contribution in [1.29, 1.82) is 0 Å². The van der Waals surface area contributed by atoms with Crippen molar-refractivity contribution in [2.24, 2.45) is 5.73 Å². The molecule has 1 aromatic heterocycles. The summed E-state index contributed by atoms with van der Waals surface area (Å²) >= 11 is 0. The number of nitrogens with two attached hydrogens (primary N) is 1. The molecule has 0 atom stereocenters. The second kappa shape index (κ2) is 7.70. The molecule has 0 saturated carbocycles. The van der Waals surface area contributed by atoms with Gasteiger partial charge >= 0.3 is 0 Å². The summed E-state index contributed by atoms with van der Waals surface area (Å²) in [5, 5.41) is 6.53. The molecule has 1 heterocycles. The van der Waals surface area contributed by atoms with Crippen LogP contribution in [0.2, 0.25) is 0 Å². The maximum absolute atomic E-state index is 13.5. The van der Waals surface area contributed by atoms with Crippen LogP contribution in [0.4, 0.5) is 10.1 Å². The predicted octanol–water partition coefficient (Wildman–Crippen LogP) is 1.73. The molecule has 0 unspecified atom stereocenters. The largest absolute Gasteiger partial charge is 0.481 e. The number of carbonyl (C=O) groups excluding carboxylic acids is 2. The van der Waals surface area contributed by atoms with Crippen LogP contribution < -0.4 is 21.2 Å². The molecule has 3 N–H and O–H groups in total. The number of amides is 2. The van der Waals surface area contributed by atoms with Crippen LogP contribution >= 0.6 is 0 Å². The maximum Gasteiger partial charge on any atom is 0.280 e. The SMILES string of the molecule is COc1cc(=O)c(C(=O)Nc2ccc(C(N)=O)cc2)nn1-c1cccc(F)c1. The van der Waals surface area contributed by atoms with Crippen LogP contribution in [0.1, 0.15) is 20.8 Å². The fourth-order valence-electron chi connectivity index (χ4n) is 2.44. The number of rotatable bonds is 5. The third-order valence-electron chi connectivity index (χ3n) is 3.80. The van der Waals surface area contributed by atoms with Gasteiger partial charge in [0.15, 0.2) is 5.69 Å². The van der Waals surface area contributed by atoms with E-state index < -0.39 is 28.8 Å². The van der Waals surface area contributed by atoms with Gasteiger partial charge in [0, 0.05) is 11.3 Å². The number of nitrogens with zero attached hydrogens (tertiary/aromatic N) is 2. The Morgan fingerprint density at radius 1 is 1.14 bits per heavy atom. The van der Waals surface area contributed by atoms with Crippen LogP contribution in [-0.4, -0.2) is 28.7 Å². The minimum absolute atomic E-state index is 0.0398. The first-order valence-electron chi connectivity index (χ1n) is 8.04. The zero-order valence-electron chi connectivity index (χ0n) is 14.7. The quantitative estimate of drug-likeness (QED) is 0.697. The van der Waals surface area contributed by atoms with Gasteiger partial charge in [0.1, 0.15) is 5.82 Å². The second-order valence-corrected chi connectivity index (χ2v) is 5.69. The minimum Gasteiger partial charge on any atom is -0.481 e. The Hall–Kier alpha value is -4.01. The van der Waals surface area contributed by atoms with Gasteiger partial charge in [-0.15, -0.1) is 0 Å². The Bertz CT molecular complexity index is 1110. The summed E-state index contributed by atoms with van der Waals surface area (Å²) in [5.74, 6) is -1.85. The number of aromatic nitrogens is 2. The van der Waals surface area contributed by atoms with Crippen LogP contribution in [0.15, 0.2) is 59.4 Å². The standard InChI is InChI=1S/C19H15FN4O4/c1-28-16-10-15(25)17(23-24(16)14-4-2-3-12(20)9-14)19(27)22-13-7-5-11(6-8-13)18(21)26/h2-10H,1H3,(H2,21,26)(H,22,27). The molecular weight excluding hydrogens is 367 g/mol. The number of nitrogens with one attached hydrogen (secondary N) is 1. The van der Waals surface area contributed by atoms with Gasteiger partial charge in [-0.25, -0.2) is 9.07 Å². The fraction of sp³-hybridized carbons (Fsp3) is 0.0526. The molecule has 0 spiro atoms. The van der Waals surface area contributed by atoms with E-state index in [0.717, 1.165) is 10.7 Å². The predicted molar refractivity (Wildman–Crippen MR) is 99.3 cm³/mol. The van der Waals surface area contributed by atoms with E-state index in [-0.39, 0.29) is 17.1 Å². The summed E-state index contributed by atoms with van der Waals surface area (Å²) < 4.78 is 19.8. The van der Waals surface area contributed by atoms with Crippen LogP contribution in [0.25, 0.3) is 5.69 Å². The van der Waals surface area contributed by atoms with Crippen molar-refractivity contribution in [3.8, 4) is 11.6 Å². The lowest BCUT2D eigenvalue weighted by atomic mass is 10.2. The third-order valence-corrected chi connectivity index (χ3v) is 3.80. The summed E-state index contributed by atoms with van der Waals surface area (Å²) in [6, 6.07) is 12.3. The van der Waals surface area contributed by atoms with E-state index in [2.05, 4.69) is 10.4 Å². The maximum atomic E-state index is 13.5. The normalized spacial score (nSPS) is 10.4. The summed E-state index contributed by atoms with van der Waals surface area (Å²) in [6.07, 6.45) is 0. The van der Waals surface area contributed by atoms with E-state index in [9.17, 15) is 18.8 Å². The molecule has 0 aliphatic heterocycles. The molecule has 2 aromatic carbocycles. The summed E-state index contributed by atoms with van der Waals surface area (Å²) in [6.45, 7) is 0. The first-order valence-corrected chi connectivity index (χ1v) is 8.04. The molecule has 0 fully saturated rings. The van der Waals surface area contributed by atoms with Gasteiger partial charge in [0.2, 0.25) is 17.2 Å². The molecule has 9 heteroatoms. The van der Waals surface area contributed by atoms with Gasteiger partial charge < -0.3 is 15.8 Å². The molecule has 0 saturated heterocycles. The molecule has 142 valence electrons. The van der Waals surface area contributed by atoms with Gasteiger partial charge in [0.25, 0.3) is 5.91 Å². The Morgan fingerprint density at radius 2 is 1.86 bits per heavy atom. The van der Waals surface area contributed by atoms with E-state index in [1.54, 1.807) is 6.07 Å². The molecule has 3 aromatic rings. The summed E-state index contributed by atoms with van der Waals surface area (Å²) in [4.78, 5) is 35.9. The van der Waals surface area contributed by atoms with Crippen LogP contribution in [0.3, 0.4) is 0 Å². The number of ether oxygens (including phenoxy) is 1. The van der Waals surface area contributed by atoms with E-state index in [0.29, 0.717) is 5.69 Å². The molecule has 3 rings (SSSR count). The van der Waals surface area contributed by atoms with E-state index >= 15 is 0 Å². The Kier molecular flexibility index (Phi) is 5.16. The molecule has 0 aliphatic carbocycles. The van der Waals surface area contributed by atoms with Gasteiger partial charge in [-0.1, -0.05) is 6.07 Å². The lowest BCUT2D eigenvalue weighted by molar-refractivity contribution is 0.0997. The molecule has 2 amide bonds. The van der Waals surface area contributed by atoms with Gasteiger partial charge in [-0.2, -0.15) is 5.10 Å². The molecule has 0 radical (unpaired) electrons. The number of carbonyl (C=O) groups is 2. The van der Waals surface area contributed by atoms with Crippen molar-refractivity contribution in [3.63, 3.8) is 0 Å². The first-order chi connectivity index (χ1) is 13.4. The topological polar surface area (TPSA) is 116 Å². The van der Waals surface area contributed by atoms with Crippen molar-refractivity contribution in [2.45, 2.75) is 0 Å². The number of hydrogen-bond acceptors (Lipinski definition) is 5. The van der Waals surface area contributed by atoms with Crippen LogP contribution in [0.5, 0.6) is 5.88 Å². The highest BCUT2D eigenvalue weighted by Crippen LogP contribution is 2.16. The van der Waals surface area contributed by atoms with E-state index in [1.165, 1.54) is 49.6 Å². The first kappa shape index (κ1) is 18.8. The fourth-order valence-corrected chi connectivity index (χ4v) is 2.44. The number of methoxy groups -OCH3 is 1. The third kappa shape index (κ3) is 3.88. The zero-order chi connectivity index (χ0) is 20.3. The number of halogens is 1. The van der Waals surface area contributed by atoms with Crippen LogP contribution in [-0.2, 0) is 0 Å². The molecule has 28 heavy (non-hydrogen) atoms. The highest BCUT2D eigenvalue weighted by Gasteiger charge is 2.18. The Labute approximate surface area is 158 Å². The molecular formula is C19H15FN4O4. The van der Waals surface area contributed by atoms with Gasteiger partial charge in [-0.05, 0) is 42.5 Å². The van der Waals surface area contributed by atoms with Crippen molar-refractivity contribution in [1.82, 2.24) is 9.78 Å². The van der Waals surface area contributed by atoms with Crippen molar-refractivity contribution < 1.29 is 18.7 Å². The average molecular weight is 382 g/mol. The number of primary amides is 1. The van der Waals surface area contributed by atoms with E-state index in [1.807, 2.05) is 0 Å². The highest BCUT2D eigenvalue weighted by molar-refractivity contribution is 6.03. The lowest BCUT2D eigenvalue weighted by Crippen LogP contribution is -2.26. The Morgan fingerprint density at radius 3 is 2.46 bits per heavy atom. The average Bonchev–Trinajstić information content (AvgIpc) is 2.68. The van der Waals surface area contributed by atoms with Crippen molar-refractivity contribution in [2.75, 3.05) is 12.4 Å². The van der Waals surface area contributed by atoms with Gasteiger partial charge in [0.05, 0.1) is 18.9 Å². The summed E-state index contributed by atoms with van der Waals surface area (Å²) in [7, 11) is 1.33. The Balaban J connectivity index is 1.97. The number of hydrogen-bond donors (Lipinski definition) is 2. The minimum atomic E-state index is -0.773. The van der Waals surface area contributed by atoms with Crippen molar-refractivity contribution >= 4 is 17.5 Å². The smallest absolute Gasteiger partial charge is 0.280 e. The molecule has 0 bridgehead atoms. The van der Waals surface area contributed by atoms with Crippen molar-refractivity contribution in [3.05, 3.63) is 81.9 Å². The second-order valence-electron chi connectivity index (χ2n) is 5.69. The monoisotopic (exact) mass is 382 g/mol.